The largest absolute Gasteiger partial charge is 0.508 e. The van der Waals surface area contributed by atoms with Crippen molar-refractivity contribution in [2.45, 2.75) is 40.0 Å². The number of aromatic hydroxyl groups is 4. The van der Waals surface area contributed by atoms with Crippen LogP contribution in [0.25, 0.3) is 22.3 Å². The fourth-order valence-corrected chi connectivity index (χ4v) is 3.36. The predicted octanol–water partition coefficient (Wildman–Crippen LogP) is 5.52. The van der Waals surface area contributed by atoms with E-state index in [-0.39, 0.29) is 57.3 Å². The van der Waals surface area contributed by atoms with Gasteiger partial charge in [-0.05, 0) is 52.2 Å². The Balaban J connectivity index is 1.99. The van der Waals surface area contributed by atoms with Crippen LogP contribution in [0.1, 0.15) is 39.2 Å². The summed E-state index contributed by atoms with van der Waals surface area (Å²) in [4.78, 5) is 12.7. The van der Waals surface area contributed by atoms with E-state index < -0.39 is 5.43 Å². The van der Waals surface area contributed by atoms with E-state index in [1.807, 2.05) is 26.8 Å². The molecule has 0 aliphatic carbocycles. The summed E-state index contributed by atoms with van der Waals surface area (Å²) in [5, 5.41) is 40.6. The summed E-state index contributed by atoms with van der Waals surface area (Å²) in [5.41, 5.74) is 2.31. The normalized spacial score (nSPS) is 11.6. The summed E-state index contributed by atoms with van der Waals surface area (Å²) in [5.74, 6) is -0.849. The van der Waals surface area contributed by atoms with Crippen molar-refractivity contribution < 1.29 is 24.8 Å². The van der Waals surface area contributed by atoms with Crippen LogP contribution in [-0.4, -0.2) is 20.4 Å². The Hall–Kier alpha value is -3.67. The fourth-order valence-electron chi connectivity index (χ4n) is 3.36. The molecular formula is C25H26O6. The van der Waals surface area contributed by atoms with E-state index in [4.69, 9.17) is 4.42 Å². The summed E-state index contributed by atoms with van der Waals surface area (Å²) in [6, 6.07) is 6.34. The smallest absolute Gasteiger partial charge is 0.197 e. The van der Waals surface area contributed by atoms with Gasteiger partial charge in [0.05, 0.1) is 5.56 Å². The SMILES string of the molecule is CC(C)=CCCC(C)=CCc1c(O)cc2oc(-c3ccc(O)cc3O)cc(=O)c2c1O. The van der Waals surface area contributed by atoms with E-state index in [0.29, 0.717) is 0 Å². The van der Waals surface area contributed by atoms with E-state index in [2.05, 4.69) is 6.08 Å². The van der Waals surface area contributed by atoms with Crippen LogP contribution < -0.4 is 5.43 Å². The van der Waals surface area contributed by atoms with Crippen molar-refractivity contribution in [2.75, 3.05) is 0 Å². The van der Waals surface area contributed by atoms with Crippen molar-refractivity contribution in [1.82, 2.24) is 0 Å². The second kappa shape index (κ2) is 9.00. The van der Waals surface area contributed by atoms with Gasteiger partial charge in [-0.2, -0.15) is 0 Å². The van der Waals surface area contributed by atoms with Crippen molar-refractivity contribution in [1.29, 1.82) is 0 Å². The highest BCUT2D eigenvalue weighted by molar-refractivity contribution is 5.88. The van der Waals surface area contributed by atoms with Crippen LogP contribution in [0.3, 0.4) is 0 Å². The second-order valence-corrected chi connectivity index (χ2v) is 7.85. The number of allylic oxidation sites excluding steroid dienone is 4. The molecule has 3 rings (SSSR count). The Kier molecular flexibility index (Phi) is 6.39. The summed E-state index contributed by atoms with van der Waals surface area (Å²) in [6.45, 7) is 6.08. The van der Waals surface area contributed by atoms with Gasteiger partial charge in [0.15, 0.2) is 5.43 Å². The van der Waals surface area contributed by atoms with Gasteiger partial charge in [0.2, 0.25) is 0 Å². The molecule has 1 heterocycles. The number of hydrogen-bond acceptors (Lipinski definition) is 6. The first-order chi connectivity index (χ1) is 14.7. The van der Waals surface area contributed by atoms with Crippen LogP contribution >= 0.6 is 0 Å². The molecular weight excluding hydrogens is 396 g/mol. The molecule has 0 aliphatic heterocycles. The molecule has 1 aromatic heterocycles. The zero-order chi connectivity index (χ0) is 22.7. The third-order valence-electron chi connectivity index (χ3n) is 5.07. The molecule has 162 valence electrons. The molecule has 0 saturated heterocycles. The van der Waals surface area contributed by atoms with Gasteiger partial charge >= 0.3 is 0 Å². The third kappa shape index (κ3) is 4.91. The van der Waals surface area contributed by atoms with E-state index in [9.17, 15) is 25.2 Å². The van der Waals surface area contributed by atoms with Crippen molar-refractivity contribution in [2.24, 2.45) is 0 Å². The lowest BCUT2D eigenvalue weighted by Crippen LogP contribution is -2.02. The number of phenols is 4. The quantitative estimate of drug-likeness (QED) is 0.389. The molecule has 3 aromatic rings. The summed E-state index contributed by atoms with van der Waals surface area (Å²) >= 11 is 0. The van der Waals surface area contributed by atoms with Gasteiger partial charge in [-0.3, -0.25) is 4.79 Å². The minimum atomic E-state index is -0.508. The highest BCUT2D eigenvalue weighted by Crippen LogP contribution is 2.38. The molecule has 0 aliphatic rings. The highest BCUT2D eigenvalue weighted by atomic mass is 16.3. The van der Waals surface area contributed by atoms with Gasteiger partial charge in [-0.1, -0.05) is 23.3 Å². The molecule has 4 N–H and O–H groups in total. The number of phenolic OH excluding ortho intramolecular Hbond substituents is 4. The molecule has 0 spiro atoms. The Labute approximate surface area is 180 Å². The molecule has 0 radical (unpaired) electrons. The first-order valence-corrected chi connectivity index (χ1v) is 10.0. The molecule has 0 fully saturated rings. The Morgan fingerprint density at radius 2 is 1.71 bits per heavy atom. The summed E-state index contributed by atoms with van der Waals surface area (Å²) in [6.07, 6.45) is 6.12. The van der Waals surface area contributed by atoms with Gasteiger partial charge in [0.25, 0.3) is 0 Å². The van der Waals surface area contributed by atoms with Crippen molar-refractivity contribution in [3.63, 3.8) is 0 Å². The second-order valence-electron chi connectivity index (χ2n) is 7.85. The number of rotatable bonds is 6. The molecule has 0 bridgehead atoms. The minimum absolute atomic E-state index is 0.00187. The lowest BCUT2D eigenvalue weighted by molar-refractivity contribution is 0.442. The summed E-state index contributed by atoms with van der Waals surface area (Å²) in [7, 11) is 0. The molecule has 0 saturated carbocycles. The molecule has 6 nitrogen and oxygen atoms in total. The van der Waals surface area contributed by atoms with Gasteiger partial charge in [0.1, 0.15) is 39.7 Å². The van der Waals surface area contributed by atoms with Crippen LogP contribution in [0.15, 0.2) is 62.8 Å². The lowest BCUT2D eigenvalue weighted by Gasteiger charge is -2.11. The number of benzene rings is 2. The van der Waals surface area contributed by atoms with Crippen LogP contribution in [0.5, 0.6) is 23.0 Å². The minimum Gasteiger partial charge on any atom is -0.508 e. The Morgan fingerprint density at radius 3 is 2.39 bits per heavy atom. The zero-order valence-corrected chi connectivity index (χ0v) is 17.8. The van der Waals surface area contributed by atoms with Crippen LogP contribution in [0.2, 0.25) is 0 Å². The third-order valence-corrected chi connectivity index (χ3v) is 5.07. The summed E-state index contributed by atoms with van der Waals surface area (Å²) < 4.78 is 5.68. The first-order valence-electron chi connectivity index (χ1n) is 10.0. The van der Waals surface area contributed by atoms with Crippen LogP contribution in [-0.2, 0) is 6.42 Å². The molecule has 6 heteroatoms. The van der Waals surface area contributed by atoms with Gasteiger partial charge in [-0.25, -0.2) is 0 Å². The molecule has 0 amide bonds. The molecule has 2 aromatic carbocycles. The van der Waals surface area contributed by atoms with Crippen molar-refractivity contribution in [3.05, 3.63) is 69.4 Å². The Bertz CT molecular complexity index is 1240. The highest BCUT2D eigenvalue weighted by Gasteiger charge is 2.18. The van der Waals surface area contributed by atoms with Gasteiger partial charge in [0, 0.05) is 23.8 Å². The zero-order valence-electron chi connectivity index (χ0n) is 17.8. The maximum absolute atomic E-state index is 12.7. The maximum atomic E-state index is 12.7. The van der Waals surface area contributed by atoms with E-state index in [1.54, 1.807) is 0 Å². The predicted molar refractivity (Wildman–Crippen MR) is 121 cm³/mol. The molecule has 31 heavy (non-hydrogen) atoms. The van der Waals surface area contributed by atoms with Crippen molar-refractivity contribution >= 4 is 11.0 Å². The van der Waals surface area contributed by atoms with Crippen LogP contribution in [0.4, 0.5) is 0 Å². The maximum Gasteiger partial charge on any atom is 0.197 e. The average Bonchev–Trinajstić information content (AvgIpc) is 2.66. The fraction of sp³-hybridized carbons (Fsp3) is 0.240. The van der Waals surface area contributed by atoms with Gasteiger partial charge < -0.3 is 24.8 Å². The first kappa shape index (κ1) is 22.0. The van der Waals surface area contributed by atoms with E-state index in [0.717, 1.165) is 30.5 Å². The monoisotopic (exact) mass is 422 g/mol. The standard InChI is InChI=1S/C25H26O6/c1-14(2)5-4-6-15(3)7-9-18-20(28)12-23-24(25(18)30)21(29)13-22(31-23)17-10-8-16(26)11-19(17)27/h5,7-8,10-13,26-28,30H,4,6,9H2,1-3H3. The molecule has 0 atom stereocenters. The number of fused-ring (bicyclic) bond motifs is 1. The van der Waals surface area contributed by atoms with E-state index in [1.165, 1.54) is 23.8 Å². The van der Waals surface area contributed by atoms with Crippen LogP contribution in [0, 0.1) is 0 Å². The van der Waals surface area contributed by atoms with Gasteiger partial charge in [-0.15, -0.1) is 0 Å². The topological polar surface area (TPSA) is 111 Å². The number of hydrogen-bond donors (Lipinski definition) is 4. The molecule has 0 unspecified atom stereocenters. The van der Waals surface area contributed by atoms with E-state index >= 15 is 0 Å². The van der Waals surface area contributed by atoms with Crippen molar-refractivity contribution in [3.8, 4) is 34.3 Å². The average molecular weight is 422 g/mol. The lowest BCUT2D eigenvalue weighted by atomic mass is 10.0. The Morgan fingerprint density at radius 1 is 0.968 bits per heavy atom.